The smallest absolute Gasteiger partial charge is 0.119 e. The summed E-state index contributed by atoms with van der Waals surface area (Å²) in [5, 5.41) is 0. The van der Waals surface area contributed by atoms with E-state index >= 15 is 0 Å². The molecule has 12 heteroatoms. The fourth-order valence-corrected chi connectivity index (χ4v) is 8.43. The van der Waals surface area contributed by atoms with E-state index in [-0.39, 0.29) is 52.9 Å². The highest BCUT2D eigenvalue weighted by molar-refractivity contribution is 5.45. The van der Waals surface area contributed by atoms with Crippen LogP contribution in [-0.4, -0.2) is 116 Å². The predicted octanol–water partition coefficient (Wildman–Crippen LogP) is 13.5. The average molecular weight is 1110 g/mol. The second kappa shape index (κ2) is 29.2. The lowest BCUT2D eigenvalue weighted by atomic mass is 9.78. The van der Waals surface area contributed by atoms with Gasteiger partial charge in [0.2, 0.25) is 0 Å². The molecule has 6 heterocycles. The van der Waals surface area contributed by atoms with Crippen LogP contribution in [0.5, 0.6) is 34.5 Å². The van der Waals surface area contributed by atoms with Crippen LogP contribution in [0.3, 0.4) is 0 Å². The van der Waals surface area contributed by atoms with Gasteiger partial charge in [-0.15, -0.1) is 0 Å². The maximum atomic E-state index is 5.72. The maximum Gasteiger partial charge on any atom is 0.119 e. The molecule has 0 spiro atoms. The summed E-state index contributed by atoms with van der Waals surface area (Å²) in [4.78, 5) is 0. The largest absolute Gasteiger partial charge is 0.491 e. The molecule has 6 aliphatic heterocycles. The van der Waals surface area contributed by atoms with Crippen molar-refractivity contribution in [3.8, 4) is 34.5 Å². The first kappa shape index (κ1) is 61.0. The van der Waals surface area contributed by atoms with Crippen LogP contribution in [0, 0.1) is 0 Å². The van der Waals surface area contributed by atoms with E-state index in [4.69, 9.17) is 56.8 Å². The zero-order chi connectivity index (χ0) is 57.2. The average Bonchev–Trinajstić information content (AvgIpc) is 4.32. The quantitative estimate of drug-likeness (QED) is 0.0535. The number of hydrogen-bond acceptors (Lipinski definition) is 12. The van der Waals surface area contributed by atoms with Crippen LogP contribution in [0.2, 0.25) is 0 Å². The van der Waals surface area contributed by atoms with Crippen molar-refractivity contribution < 1.29 is 56.8 Å². The molecule has 0 bridgehead atoms. The van der Waals surface area contributed by atoms with Gasteiger partial charge in [-0.25, -0.2) is 0 Å². The molecule has 6 saturated heterocycles. The summed E-state index contributed by atoms with van der Waals surface area (Å²) in [6.07, 6.45) is 4.19. The van der Waals surface area contributed by atoms with Gasteiger partial charge in [0.05, 0.1) is 39.6 Å². The number of hydrogen-bond donors (Lipinski definition) is 0. The monoisotopic (exact) mass is 1110 g/mol. The van der Waals surface area contributed by atoms with Crippen molar-refractivity contribution in [1.29, 1.82) is 0 Å². The Hall–Kier alpha value is -6.12. The molecule has 0 saturated carbocycles. The van der Waals surface area contributed by atoms with Crippen LogP contribution in [0.25, 0.3) is 0 Å². The Morgan fingerprint density at radius 2 is 0.370 bits per heavy atom. The lowest BCUT2D eigenvalue weighted by Gasteiger charge is -2.26. The number of ether oxygens (including phenoxy) is 12. The second-order valence-electron chi connectivity index (χ2n) is 23.0. The first-order valence-electron chi connectivity index (χ1n) is 29.3. The molecule has 12 rings (SSSR count). The van der Waals surface area contributed by atoms with Crippen LogP contribution in [-0.2, 0) is 44.7 Å². The van der Waals surface area contributed by atoms with E-state index in [1.54, 1.807) is 0 Å². The van der Waals surface area contributed by atoms with Crippen molar-refractivity contribution in [2.24, 2.45) is 0 Å². The molecule has 0 N–H and O–H groups in total. The minimum atomic E-state index is -0.0870. The van der Waals surface area contributed by atoms with Gasteiger partial charge in [0, 0.05) is 16.2 Å². The Kier molecular flexibility index (Phi) is 22.0. The van der Waals surface area contributed by atoms with Crippen LogP contribution in [0.15, 0.2) is 146 Å². The third-order valence-corrected chi connectivity index (χ3v) is 14.5. The third kappa shape index (κ3) is 20.1. The lowest BCUT2D eigenvalue weighted by Crippen LogP contribution is -2.18. The van der Waals surface area contributed by atoms with Crippen molar-refractivity contribution in [1.82, 2.24) is 0 Å². The topological polar surface area (TPSA) is 131 Å². The van der Waals surface area contributed by atoms with Gasteiger partial charge in [-0.1, -0.05) is 155 Å². The first-order chi connectivity index (χ1) is 39.2. The van der Waals surface area contributed by atoms with Gasteiger partial charge in [0.25, 0.3) is 0 Å². The molecule has 0 aliphatic carbocycles. The van der Waals surface area contributed by atoms with E-state index in [9.17, 15) is 0 Å². The van der Waals surface area contributed by atoms with E-state index in [0.717, 1.165) is 74.1 Å². The molecular formula is C69H88O12. The molecule has 6 atom stereocenters. The fraction of sp³-hybridized carbons (Fsp3) is 0.478. The standard InChI is InChI=1S/3C21H24O4.2C3H8/c3*1-21(2,15-3-7-17(8-4-15)22-11-19-13-24-19)16-5-9-18(10-6-16)23-12-20-14-25-20;2*1-3-2/h3*3-10,19-20H,11-14H2,1-2H3;2*3H2,1-2H3. The highest BCUT2D eigenvalue weighted by Crippen LogP contribution is 2.37. The Morgan fingerprint density at radius 1 is 0.259 bits per heavy atom. The fourth-order valence-electron chi connectivity index (χ4n) is 8.43. The zero-order valence-corrected chi connectivity index (χ0v) is 49.6. The molecule has 0 aromatic heterocycles. The summed E-state index contributed by atoms with van der Waals surface area (Å²) >= 11 is 0. The maximum absolute atomic E-state index is 5.72. The van der Waals surface area contributed by atoms with Crippen molar-refractivity contribution in [2.45, 2.75) is 135 Å². The summed E-state index contributed by atoms with van der Waals surface area (Å²) in [5.41, 5.74) is 7.25. The molecule has 6 fully saturated rings. The highest BCUT2D eigenvalue weighted by Gasteiger charge is 2.30. The highest BCUT2D eigenvalue weighted by atomic mass is 16.6. The van der Waals surface area contributed by atoms with Crippen molar-refractivity contribution in [3.63, 3.8) is 0 Å². The summed E-state index contributed by atoms with van der Waals surface area (Å²) in [6, 6.07) is 50.1. The van der Waals surface area contributed by atoms with Gasteiger partial charge in [0.15, 0.2) is 0 Å². The Morgan fingerprint density at radius 3 is 0.469 bits per heavy atom. The Bertz CT molecular complexity index is 2250. The van der Waals surface area contributed by atoms with E-state index < -0.39 is 0 Å². The van der Waals surface area contributed by atoms with Crippen molar-refractivity contribution in [2.75, 3.05) is 79.3 Å². The zero-order valence-electron chi connectivity index (χ0n) is 49.6. The number of benzene rings is 6. The van der Waals surface area contributed by atoms with Gasteiger partial charge in [-0.2, -0.15) is 0 Å². The van der Waals surface area contributed by atoms with Crippen molar-refractivity contribution in [3.05, 3.63) is 179 Å². The second-order valence-corrected chi connectivity index (χ2v) is 23.0. The molecule has 0 amide bonds. The Balaban J connectivity index is 0.000000152. The van der Waals surface area contributed by atoms with E-state index in [0.29, 0.717) is 39.6 Å². The molecule has 6 unspecified atom stereocenters. The Labute approximate surface area is 482 Å². The molecular weight excluding hydrogens is 1020 g/mol. The predicted molar refractivity (Wildman–Crippen MR) is 318 cm³/mol. The van der Waals surface area contributed by atoms with Crippen LogP contribution in [0.4, 0.5) is 0 Å². The third-order valence-electron chi connectivity index (χ3n) is 14.5. The normalized spacial score (nSPS) is 20.5. The van der Waals surface area contributed by atoms with Crippen LogP contribution < -0.4 is 28.4 Å². The first-order valence-corrected chi connectivity index (χ1v) is 29.3. The number of rotatable bonds is 24. The lowest BCUT2D eigenvalue weighted by molar-refractivity contribution is 0.263. The van der Waals surface area contributed by atoms with E-state index in [2.05, 4.69) is 142 Å². The molecule has 6 aromatic carbocycles. The molecule has 6 aliphatic rings. The molecule has 12 nitrogen and oxygen atoms in total. The molecule has 6 aromatic rings. The van der Waals surface area contributed by atoms with E-state index in [1.165, 1.54) is 46.2 Å². The molecule has 436 valence electrons. The van der Waals surface area contributed by atoms with Gasteiger partial charge in [0.1, 0.15) is 111 Å². The van der Waals surface area contributed by atoms with Gasteiger partial charge < -0.3 is 56.8 Å². The molecule has 0 radical (unpaired) electrons. The van der Waals surface area contributed by atoms with Crippen molar-refractivity contribution >= 4 is 0 Å². The van der Waals surface area contributed by atoms with Gasteiger partial charge >= 0.3 is 0 Å². The SMILES string of the molecule is CC(C)(c1ccc(OCC2CO2)cc1)c1ccc(OCC2CO2)cc1.CC(C)(c1ccc(OCC2CO2)cc1)c1ccc(OCC2CO2)cc1.CC(C)(c1ccc(OCC2CO2)cc1)c1ccc(OCC2CO2)cc1.CCC.CCC. The summed E-state index contributed by atoms with van der Waals surface area (Å²) < 4.78 is 65.3. The minimum Gasteiger partial charge on any atom is -0.491 e. The molecule has 81 heavy (non-hydrogen) atoms. The number of epoxide rings is 6. The summed E-state index contributed by atoms with van der Waals surface area (Å²) in [6.45, 7) is 30.6. The van der Waals surface area contributed by atoms with Gasteiger partial charge in [-0.05, 0) is 106 Å². The minimum absolute atomic E-state index is 0.0870. The van der Waals surface area contributed by atoms with Gasteiger partial charge in [-0.3, -0.25) is 0 Å². The summed E-state index contributed by atoms with van der Waals surface area (Å²) in [7, 11) is 0. The van der Waals surface area contributed by atoms with Crippen LogP contribution >= 0.6 is 0 Å². The van der Waals surface area contributed by atoms with Crippen LogP contribution in [0.1, 0.15) is 115 Å². The van der Waals surface area contributed by atoms with E-state index in [1.807, 2.05) is 72.8 Å². The summed E-state index contributed by atoms with van der Waals surface area (Å²) in [5.74, 6) is 5.34.